The highest BCUT2D eigenvalue weighted by molar-refractivity contribution is 7.99. The Bertz CT molecular complexity index is 496. The van der Waals surface area contributed by atoms with Crippen LogP contribution in [0.4, 0.5) is 0 Å². The van der Waals surface area contributed by atoms with Crippen molar-refractivity contribution in [2.75, 3.05) is 0 Å². The van der Waals surface area contributed by atoms with E-state index in [2.05, 4.69) is 16.3 Å². The van der Waals surface area contributed by atoms with Crippen LogP contribution in [-0.4, -0.2) is 25.6 Å². The first-order valence-electron chi connectivity index (χ1n) is 5.80. The lowest BCUT2D eigenvalue weighted by Gasteiger charge is -2.20. The van der Waals surface area contributed by atoms with Gasteiger partial charge in [-0.05, 0) is 27.2 Å². The van der Waals surface area contributed by atoms with E-state index in [1.54, 1.807) is 11.5 Å². The predicted molar refractivity (Wildman–Crippen MR) is 71.4 cm³/mol. The van der Waals surface area contributed by atoms with E-state index in [-0.39, 0.29) is 17.0 Å². The van der Waals surface area contributed by atoms with Gasteiger partial charge in [0, 0.05) is 11.3 Å². The van der Waals surface area contributed by atoms with Crippen molar-refractivity contribution in [3.63, 3.8) is 0 Å². The minimum Gasteiger partial charge on any atom is -0.314 e. The van der Waals surface area contributed by atoms with Gasteiger partial charge >= 0.3 is 5.69 Å². The second-order valence-corrected chi connectivity index (χ2v) is 6.34. The minimum absolute atomic E-state index is 0.0474. The summed E-state index contributed by atoms with van der Waals surface area (Å²) in [7, 11) is 0. The summed E-state index contributed by atoms with van der Waals surface area (Å²) in [6, 6.07) is 2.12. The molecule has 3 N–H and O–H groups in total. The fourth-order valence-electron chi connectivity index (χ4n) is 1.69. The van der Waals surface area contributed by atoms with Crippen LogP contribution in [0.25, 0.3) is 0 Å². The first kappa shape index (κ1) is 14.8. The molecule has 18 heavy (non-hydrogen) atoms. The van der Waals surface area contributed by atoms with Gasteiger partial charge in [0.2, 0.25) is 0 Å². The van der Waals surface area contributed by atoms with Crippen LogP contribution < -0.4 is 11.4 Å². The van der Waals surface area contributed by atoms with E-state index in [4.69, 9.17) is 11.0 Å². The maximum Gasteiger partial charge on any atom is 0.344 e. The van der Waals surface area contributed by atoms with E-state index in [1.807, 2.05) is 20.8 Å². The van der Waals surface area contributed by atoms with Crippen molar-refractivity contribution in [3.05, 3.63) is 10.5 Å². The van der Waals surface area contributed by atoms with E-state index in [1.165, 1.54) is 11.8 Å². The van der Waals surface area contributed by atoms with Crippen molar-refractivity contribution in [1.82, 2.24) is 14.8 Å². The van der Waals surface area contributed by atoms with Gasteiger partial charge in [-0.25, -0.2) is 9.89 Å². The molecule has 0 aliphatic heterocycles. The lowest BCUT2D eigenvalue weighted by molar-refractivity contribution is 0.526. The van der Waals surface area contributed by atoms with Gasteiger partial charge in [0.25, 0.3) is 0 Å². The summed E-state index contributed by atoms with van der Waals surface area (Å²) in [6.07, 6.45) is 0.535. The number of aromatic amines is 1. The van der Waals surface area contributed by atoms with Gasteiger partial charge in [0.15, 0.2) is 5.16 Å². The van der Waals surface area contributed by atoms with Gasteiger partial charge in [0.1, 0.15) is 5.54 Å². The molecule has 2 atom stereocenters. The fourth-order valence-corrected chi connectivity index (χ4v) is 2.99. The number of thioether (sulfide) groups is 1. The highest BCUT2D eigenvalue weighted by Crippen LogP contribution is 2.26. The number of aromatic nitrogens is 3. The zero-order valence-corrected chi connectivity index (χ0v) is 11.9. The normalized spacial score (nSPS) is 16.3. The maximum atomic E-state index is 11.6. The molecule has 1 aromatic heterocycles. The number of hydrogen-bond acceptors (Lipinski definition) is 5. The summed E-state index contributed by atoms with van der Waals surface area (Å²) in [5, 5.41) is 16.1. The Morgan fingerprint density at radius 2 is 2.22 bits per heavy atom. The number of hydrogen-bond donors (Lipinski definition) is 2. The average molecular weight is 269 g/mol. The molecular weight excluding hydrogens is 250 g/mol. The van der Waals surface area contributed by atoms with E-state index >= 15 is 0 Å². The third-order valence-corrected chi connectivity index (χ3v) is 3.53. The number of H-pyrrole nitrogens is 1. The Kier molecular flexibility index (Phi) is 4.59. The first-order valence-corrected chi connectivity index (χ1v) is 6.68. The third kappa shape index (κ3) is 3.62. The lowest BCUT2D eigenvalue weighted by Crippen LogP contribution is -2.36. The van der Waals surface area contributed by atoms with Gasteiger partial charge in [-0.1, -0.05) is 18.7 Å². The van der Waals surface area contributed by atoms with Gasteiger partial charge < -0.3 is 5.73 Å². The zero-order chi connectivity index (χ0) is 13.9. The van der Waals surface area contributed by atoms with Crippen molar-refractivity contribution in [3.8, 4) is 6.07 Å². The highest BCUT2D eigenvalue weighted by Gasteiger charge is 2.23. The van der Waals surface area contributed by atoms with Crippen molar-refractivity contribution in [2.45, 2.75) is 56.1 Å². The Morgan fingerprint density at radius 3 is 2.72 bits per heavy atom. The smallest absolute Gasteiger partial charge is 0.314 e. The maximum absolute atomic E-state index is 11.6. The largest absolute Gasteiger partial charge is 0.344 e. The molecule has 100 valence electrons. The Labute approximate surface area is 111 Å². The molecule has 0 aliphatic carbocycles. The number of nitrogens with two attached hydrogens (primary N) is 1. The van der Waals surface area contributed by atoms with Crippen molar-refractivity contribution >= 4 is 11.8 Å². The van der Waals surface area contributed by atoms with Crippen molar-refractivity contribution in [1.29, 1.82) is 5.26 Å². The molecule has 2 unspecified atom stereocenters. The van der Waals surface area contributed by atoms with E-state index in [0.717, 1.165) is 0 Å². The molecule has 0 fully saturated rings. The average Bonchev–Trinajstić information content (AvgIpc) is 2.58. The van der Waals surface area contributed by atoms with Gasteiger partial charge in [-0.3, -0.25) is 4.57 Å². The molecule has 0 radical (unpaired) electrons. The highest BCUT2D eigenvalue weighted by atomic mass is 32.2. The SMILES string of the molecule is CC(CC(C)(N)C#N)Sc1n[nH]c(=O)n1C(C)C. The fraction of sp³-hybridized carbons (Fsp3) is 0.727. The zero-order valence-electron chi connectivity index (χ0n) is 11.1. The van der Waals surface area contributed by atoms with E-state index in [0.29, 0.717) is 11.6 Å². The number of nitrogens with one attached hydrogen (secondary N) is 1. The lowest BCUT2D eigenvalue weighted by atomic mass is 10.00. The van der Waals surface area contributed by atoms with E-state index < -0.39 is 5.54 Å². The first-order chi connectivity index (χ1) is 8.26. The molecule has 7 heteroatoms. The molecule has 0 amide bonds. The predicted octanol–water partition coefficient (Wildman–Crippen LogP) is 1.26. The molecular formula is C11H19N5OS. The summed E-state index contributed by atoms with van der Waals surface area (Å²) in [5.41, 5.74) is 4.73. The van der Waals surface area contributed by atoms with Crippen molar-refractivity contribution in [2.24, 2.45) is 5.73 Å². The van der Waals surface area contributed by atoms with Gasteiger partial charge in [-0.15, -0.1) is 5.10 Å². The van der Waals surface area contributed by atoms with Crippen LogP contribution in [0.2, 0.25) is 0 Å². The standard InChI is InChI=1S/C11H19N5OS/c1-7(2)16-9(17)14-15-10(16)18-8(3)5-11(4,13)6-12/h7-8H,5,13H2,1-4H3,(H,14,17). The molecule has 0 saturated heterocycles. The second kappa shape index (κ2) is 5.59. The molecule has 0 spiro atoms. The minimum atomic E-state index is -0.855. The number of nitrogens with zero attached hydrogens (tertiary/aromatic N) is 3. The molecule has 0 bridgehead atoms. The monoisotopic (exact) mass is 269 g/mol. The second-order valence-electron chi connectivity index (χ2n) is 4.94. The van der Waals surface area contributed by atoms with E-state index in [9.17, 15) is 4.79 Å². The van der Waals surface area contributed by atoms with Crippen LogP contribution in [-0.2, 0) is 0 Å². The molecule has 0 aliphatic rings. The van der Waals surface area contributed by atoms with Crippen molar-refractivity contribution < 1.29 is 0 Å². The molecule has 1 heterocycles. The summed E-state index contributed by atoms with van der Waals surface area (Å²) < 4.78 is 1.60. The Morgan fingerprint density at radius 1 is 1.61 bits per heavy atom. The molecule has 1 aromatic rings. The molecule has 6 nitrogen and oxygen atoms in total. The topological polar surface area (TPSA) is 100 Å². The van der Waals surface area contributed by atoms with Crippen LogP contribution in [0.3, 0.4) is 0 Å². The molecule has 1 rings (SSSR count). The van der Waals surface area contributed by atoms with Crippen LogP contribution in [0, 0.1) is 11.3 Å². The quantitative estimate of drug-likeness (QED) is 0.784. The van der Waals surface area contributed by atoms with Crippen LogP contribution in [0.1, 0.15) is 40.2 Å². The van der Waals surface area contributed by atoms with Gasteiger partial charge in [-0.2, -0.15) is 5.26 Å². The van der Waals surface area contributed by atoms with Crippen LogP contribution in [0.15, 0.2) is 9.95 Å². The Hall–Kier alpha value is -1.26. The third-order valence-electron chi connectivity index (χ3n) is 2.46. The Balaban J connectivity index is 2.81. The van der Waals surface area contributed by atoms with Crippen LogP contribution in [0.5, 0.6) is 0 Å². The molecule has 0 aromatic carbocycles. The number of nitriles is 1. The van der Waals surface area contributed by atoms with Gasteiger partial charge in [0.05, 0.1) is 6.07 Å². The summed E-state index contributed by atoms with van der Waals surface area (Å²) in [5.74, 6) is 0. The summed E-state index contributed by atoms with van der Waals surface area (Å²) >= 11 is 1.45. The van der Waals surface area contributed by atoms with Crippen LogP contribution >= 0.6 is 11.8 Å². The summed E-state index contributed by atoms with van der Waals surface area (Å²) in [6.45, 7) is 7.52. The summed E-state index contributed by atoms with van der Waals surface area (Å²) in [4.78, 5) is 11.6. The molecule has 0 saturated carbocycles. The number of rotatable bonds is 5.